The Morgan fingerprint density at radius 3 is 2.59 bits per heavy atom. The van der Waals surface area contributed by atoms with Gasteiger partial charge in [-0.15, -0.1) is 0 Å². The topological polar surface area (TPSA) is 54.9 Å². The van der Waals surface area contributed by atoms with Crippen molar-refractivity contribution in [1.29, 1.82) is 0 Å². The van der Waals surface area contributed by atoms with Crippen LogP contribution >= 0.6 is 0 Å². The van der Waals surface area contributed by atoms with Crippen molar-refractivity contribution in [3.05, 3.63) is 24.3 Å². The Morgan fingerprint density at radius 1 is 1.23 bits per heavy atom. The lowest BCUT2D eigenvalue weighted by Gasteiger charge is -2.18. The minimum absolute atomic E-state index is 0.0144. The lowest BCUT2D eigenvalue weighted by molar-refractivity contribution is 0.229. The molecule has 22 heavy (non-hydrogen) atoms. The molecule has 2 atom stereocenters. The van der Waals surface area contributed by atoms with Gasteiger partial charge in [-0.05, 0) is 39.3 Å². The van der Waals surface area contributed by atoms with Gasteiger partial charge in [0.15, 0.2) is 5.96 Å². The van der Waals surface area contributed by atoms with Crippen LogP contribution in [0.2, 0.25) is 0 Å². The van der Waals surface area contributed by atoms with Gasteiger partial charge in [-0.2, -0.15) is 0 Å². The zero-order chi connectivity index (χ0) is 16.4. The van der Waals surface area contributed by atoms with Crippen LogP contribution in [0.3, 0.4) is 0 Å². The van der Waals surface area contributed by atoms with Gasteiger partial charge in [0, 0.05) is 18.7 Å². The van der Waals surface area contributed by atoms with Crippen LogP contribution in [-0.4, -0.2) is 38.3 Å². The van der Waals surface area contributed by atoms with E-state index in [-0.39, 0.29) is 6.10 Å². The van der Waals surface area contributed by atoms with Crippen molar-refractivity contribution in [2.45, 2.75) is 46.3 Å². The van der Waals surface area contributed by atoms with Crippen molar-refractivity contribution < 1.29 is 9.47 Å². The van der Waals surface area contributed by atoms with Crippen LogP contribution in [0.4, 0.5) is 0 Å². The van der Waals surface area contributed by atoms with Crippen LogP contribution in [0.5, 0.6) is 11.5 Å². The van der Waals surface area contributed by atoms with E-state index >= 15 is 0 Å². The summed E-state index contributed by atoms with van der Waals surface area (Å²) in [6.45, 7) is 9.79. The van der Waals surface area contributed by atoms with Crippen LogP contribution in [0.1, 0.15) is 34.1 Å². The quantitative estimate of drug-likeness (QED) is 0.573. The average molecular weight is 307 g/mol. The molecule has 0 bridgehead atoms. The number of guanidine groups is 1. The van der Waals surface area contributed by atoms with Crippen molar-refractivity contribution in [3.8, 4) is 11.5 Å². The first-order chi connectivity index (χ1) is 10.6. The number of methoxy groups -OCH3 is 1. The number of aliphatic imine (C=N–C) groups is 1. The second-order valence-electron chi connectivity index (χ2n) is 5.28. The first kappa shape index (κ1) is 18.1. The van der Waals surface area contributed by atoms with E-state index in [0.717, 1.165) is 30.4 Å². The number of ether oxygens (including phenoxy) is 2. The van der Waals surface area contributed by atoms with Gasteiger partial charge in [0.05, 0.1) is 13.7 Å². The smallest absolute Gasteiger partial charge is 0.191 e. The van der Waals surface area contributed by atoms with E-state index in [9.17, 15) is 0 Å². The van der Waals surface area contributed by atoms with Crippen molar-refractivity contribution in [3.63, 3.8) is 0 Å². The van der Waals surface area contributed by atoms with Crippen molar-refractivity contribution >= 4 is 5.96 Å². The summed E-state index contributed by atoms with van der Waals surface area (Å²) in [5, 5.41) is 6.62. The van der Waals surface area contributed by atoms with E-state index in [4.69, 9.17) is 9.47 Å². The van der Waals surface area contributed by atoms with Gasteiger partial charge in [-0.1, -0.05) is 13.0 Å². The molecule has 5 nitrogen and oxygen atoms in total. The summed E-state index contributed by atoms with van der Waals surface area (Å²) in [4.78, 5) is 4.58. The predicted octanol–water partition coefficient (Wildman–Crippen LogP) is 2.82. The third-order valence-electron chi connectivity index (χ3n) is 3.22. The minimum Gasteiger partial charge on any atom is -0.497 e. The van der Waals surface area contributed by atoms with Gasteiger partial charge in [-0.25, -0.2) is 4.99 Å². The van der Waals surface area contributed by atoms with Gasteiger partial charge < -0.3 is 20.1 Å². The number of nitrogens with one attached hydrogen (secondary N) is 2. The Kier molecular flexibility index (Phi) is 8.18. The summed E-state index contributed by atoms with van der Waals surface area (Å²) >= 11 is 0. The molecule has 0 aliphatic rings. The number of rotatable bonds is 8. The molecule has 1 aromatic carbocycles. The number of hydrogen-bond donors (Lipinski definition) is 2. The Morgan fingerprint density at radius 2 is 1.95 bits per heavy atom. The van der Waals surface area contributed by atoms with E-state index in [1.807, 2.05) is 31.2 Å². The molecular weight excluding hydrogens is 278 g/mol. The zero-order valence-electron chi connectivity index (χ0n) is 14.3. The fraction of sp³-hybridized carbons (Fsp3) is 0.588. The fourth-order valence-electron chi connectivity index (χ4n) is 1.82. The highest BCUT2D eigenvalue weighted by Gasteiger charge is 2.07. The second kappa shape index (κ2) is 9.92. The first-order valence-electron chi connectivity index (χ1n) is 7.94. The number of nitrogens with zero attached hydrogens (tertiary/aromatic N) is 1. The van der Waals surface area contributed by atoms with E-state index in [0.29, 0.717) is 12.6 Å². The number of hydrogen-bond acceptors (Lipinski definition) is 3. The monoisotopic (exact) mass is 307 g/mol. The Bertz CT molecular complexity index is 463. The van der Waals surface area contributed by atoms with Crippen LogP contribution < -0.4 is 20.1 Å². The molecule has 0 aromatic heterocycles. The molecular formula is C17H29N3O2. The maximum Gasteiger partial charge on any atom is 0.191 e. The first-order valence-corrected chi connectivity index (χ1v) is 7.94. The molecule has 0 saturated carbocycles. The van der Waals surface area contributed by atoms with E-state index in [1.54, 1.807) is 7.11 Å². The molecule has 1 aromatic rings. The van der Waals surface area contributed by atoms with Gasteiger partial charge in [0.2, 0.25) is 0 Å². The standard InChI is InChI=1S/C17H29N3O2/c1-6-13(3)20-17(18-7-2)19-12-14(4)22-16-10-8-9-15(11-16)21-5/h8-11,13-14H,6-7,12H2,1-5H3,(H2,18,19,20). The molecule has 2 N–H and O–H groups in total. The van der Waals surface area contributed by atoms with Crippen LogP contribution in [0.15, 0.2) is 29.3 Å². The maximum atomic E-state index is 5.87. The highest BCUT2D eigenvalue weighted by Crippen LogP contribution is 2.19. The molecule has 124 valence electrons. The van der Waals surface area contributed by atoms with Crippen molar-refractivity contribution in [2.75, 3.05) is 20.2 Å². The lowest BCUT2D eigenvalue weighted by atomic mass is 10.3. The summed E-state index contributed by atoms with van der Waals surface area (Å²) in [5.74, 6) is 2.42. The Balaban J connectivity index is 2.57. The Hall–Kier alpha value is -1.91. The molecule has 0 aliphatic heterocycles. The van der Waals surface area contributed by atoms with E-state index in [1.165, 1.54) is 0 Å². The zero-order valence-corrected chi connectivity index (χ0v) is 14.3. The molecule has 0 aliphatic carbocycles. The molecule has 5 heteroatoms. The molecule has 0 amide bonds. The van der Waals surface area contributed by atoms with E-state index in [2.05, 4.69) is 36.4 Å². The molecule has 0 saturated heterocycles. The third kappa shape index (κ3) is 6.70. The highest BCUT2D eigenvalue weighted by atomic mass is 16.5. The summed E-state index contributed by atoms with van der Waals surface area (Å²) in [6, 6.07) is 8.01. The molecule has 0 heterocycles. The highest BCUT2D eigenvalue weighted by molar-refractivity contribution is 5.80. The summed E-state index contributed by atoms with van der Waals surface area (Å²) in [5.41, 5.74) is 0. The molecule has 0 spiro atoms. The van der Waals surface area contributed by atoms with Crippen LogP contribution in [-0.2, 0) is 0 Å². The number of benzene rings is 1. The van der Waals surface area contributed by atoms with Gasteiger partial charge in [-0.3, -0.25) is 0 Å². The summed E-state index contributed by atoms with van der Waals surface area (Å²) in [6.07, 6.45) is 1.04. The van der Waals surface area contributed by atoms with Crippen molar-refractivity contribution in [2.24, 2.45) is 4.99 Å². The maximum absolute atomic E-state index is 5.87. The SMILES string of the molecule is CCNC(=NCC(C)Oc1cccc(OC)c1)NC(C)CC. The lowest BCUT2D eigenvalue weighted by Crippen LogP contribution is -2.42. The molecule has 0 fully saturated rings. The Labute approximate surface area is 134 Å². The minimum atomic E-state index is -0.0144. The van der Waals surface area contributed by atoms with Crippen LogP contribution in [0.25, 0.3) is 0 Å². The van der Waals surface area contributed by atoms with Crippen molar-refractivity contribution in [1.82, 2.24) is 10.6 Å². The second-order valence-corrected chi connectivity index (χ2v) is 5.28. The average Bonchev–Trinajstić information content (AvgIpc) is 2.52. The summed E-state index contributed by atoms with van der Waals surface area (Å²) < 4.78 is 11.1. The fourth-order valence-corrected chi connectivity index (χ4v) is 1.82. The van der Waals surface area contributed by atoms with Gasteiger partial charge in [0.1, 0.15) is 17.6 Å². The summed E-state index contributed by atoms with van der Waals surface area (Å²) in [7, 11) is 1.65. The normalized spacial score (nSPS) is 14.1. The van der Waals surface area contributed by atoms with Gasteiger partial charge >= 0.3 is 0 Å². The predicted molar refractivity (Wildman–Crippen MR) is 92.0 cm³/mol. The third-order valence-corrected chi connectivity index (χ3v) is 3.22. The molecule has 1 rings (SSSR count). The van der Waals surface area contributed by atoms with Gasteiger partial charge in [0.25, 0.3) is 0 Å². The largest absolute Gasteiger partial charge is 0.497 e. The van der Waals surface area contributed by atoms with E-state index < -0.39 is 0 Å². The van der Waals surface area contributed by atoms with Crippen LogP contribution in [0, 0.1) is 0 Å². The molecule has 2 unspecified atom stereocenters. The molecule has 0 radical (unpaired) electrons.